The van der Waals surface area contributed by atoms with Crippen molar-refractivity contribution in [3.63, 3.8) is 0 Å². The fourth-order valence-electron chi connectivity index (χ4n) is 2.27. The van der Waals surface area contributed by atoms with Crippen LogP contribution >= 0.6 is 9.24 Å². The molecule has 0 nitrogen and oxygen atoms in total. The highest BCUT2D eigenvalue weighted by atomic mass is 31.0. The Hall–Kier alpha value is 0.430. The monoisotopic (exact) mass is 172 g/mol. The minimum Gasteiger partial charge on any atom is -0.134 e. The van der Waals surface area contributed by atoms with E-state index in [9.17, 15) is 0 Å². The molecule has 4 atom stereocenters. The molecule has 1 aliphatic carbocycles. The van der Waals surface area contributed by atoms with Crippen LogP contribution in [0.25, 0.3) is 0 Å². The molecule has 0 saturated heterocycles. The molecule has 0 radical (unpaired) electrons. The van der Waals surface area contributed by atoms with Crippen molar-refractivity contribution in [2.45, 2.75) is 52.1 Å². The van der Waals surface area contributed by atoms with Gasteiger partial charge in [-0.15, -0.1) is 9.24 Å². The largest absolute Gasteiger partial charge is 0.134 e. The molecular formula is C10H21P. The standard InChI is InChI=1S/C10H21P/c1-8-5-4-6-10(3,7-8)9(2)11/h8-9H,4-7,11H2,1-3H3. The van der Waals surface area contributed by atoms with Crippen LogP contribution in [0, 0.1) is 11.3 Å². The molecule has 1 aliphatic rings. The van der Waals surface area contributed by atoms with Crippen LogP contribution in [-0.4, -0.2) is 5.66 Å². The number of rotatable bonds is 1. The lowest BCUT2D eigenvalue weighted by Crippen LogP contribution is -2.31. The Labute approximate surface area is 73.3 Å². The summed E-state index contributed by atoms with van der Waals surface area (Å²) in [5.41, 5.74) is 1.40. The molecule has 1 fully saturated rings. The molecule has 0 aromatic carbocycles. The fraction of sp³-hybridized carbons (Fsp3) is 1.00. The van der Waals surface area contributed by atoms with E-state index in [0.717, 1.165) is 11.6 Å². The summed E-state index contributed by atoms with van der Waals surface area (Å²) >= 11 is 0. The molecule has 0 spiro atoms. The maximum Gasteiger partial charge on any atom is -0.0239 e. The molecule has 0 aliphatic heterocycles. The van der Waals surface area contributed by atoms with Crippen molar-refractivity contribution < 1.29 is 0 Å². The Bertz CT molecular complexity index is 131. The zero-order chi connectivity index (χ0) is 8.48. The van der Waals surface area contributed by atoms with Gasteiger partial charge >= 0.3 is 0 Å². The van der Waals surface area contributed by atoms with Crippen LogP contribution in [0.5, 0.6) is 0 Å². The van der Waals surface area contributed by atoms with Gasteiger partial charge in [-0.25, -0.2) is 0 Å². The molecule has 0 N–H and O–H groups in total. The topological polar surface area (TPSA) is 0 Å². The van der Waals surface area contributed by atoms with Gasteiger partial charge in [0.05, 0.1) is 0 Å². The van der Waals surface area contributed by atoms with Gasteiger partial charge in [-0.2, -0.15) is 0 Å². The lowest BCUT2D eigenvalue weighted by Gasteiger charge is -2.40. The molecular weight excluding hydrogens is 151 g/mol. The molecule has 1 heteroatoms. The predicted molar refractivity (Wildman–Crippen MR) is 54.9 cm³/mol. The Morgan fingerprint density at radius 2 is 2.18 bits per heavy atom. The van der Waals surface area contributed by atoms with Gasteiger partial charge in [0.1, 0.15) is 0 Å². The maximum atomic E-state index is 2.97. The Morgan fingerprint density at radius 3 is 2.55 bits per heavy atom. The van der Waals surface area contributed by atoms with Crippen LogP contribution in [-0.2, 0) is 0 Å². The van der Waals surface area contributed by atoms with Crippen molar-refractivity contribution in [2.75, 3.05) is 0 Å². The van der Waals surface area contributed by atoms with E-state index in [4.69, 9.17) is 0 Å². The molecule has 1 rings (SSSR count). The summed E-state index contributed by atoms with van der Waals surface area (Å²) in [6.45, 7) is 7.17. The van der Waals surface area contributed by atoms with E-state index < -0.39 is 0 Å². The average molecular weight is 172 g/mol. The van der Waals surface area contributed by atoms with E-state index in [1.165, 1.54) is 25.7 Å². The molecule has 0 amide bonds. The van der Waals surface area contributed by atoms with E-state index in [0.29, 0.717) is 5.41 Å². The maximum absolute atomic E-state index is 2.97. The second-order valence-electron chi connectivity index (χ2n) is 4.64. The van der Waals surface area contributed by atoms with Gasteiger partial charge in [0.2, 0.25) is 0 Å². The van der Waals surface area contributed by atoms with Crippen LogP contribution in [0.15, 0.2) is 0 Å². The van der Waals surface area contributed by atoms with Crippen LogP contribution in [0.4, 0.5) is 0 Å². The van der Waals surface area contributed by atoms with Crippen molar-refractivity contribution >= 4 is 9.24 Å². The van der Waals surface area contributed by atoms with Crippen LogP contribution in [0.2, 0.25) is 0 Å². The predicted octanol–water partition coefficient (Wildman–Crippen LogP) is 3.47. The highest BCUT2D eigenvalue weighted by molar-refractivity contribution is 7.17. The van der Waals surface area contributed by atoms with Crippen molar-refractivity contribution in [2.24, 2.45) is 11.3 Å². The molecule has 0 heterocycles. The third-order valence-corrected chi connectivity index (χ3v) is 4.16. The van der Waals surface area contributed by atoms with E-state index in [-0.39, 0.29) is 0 Å². The van der Waals surface area contributed by atoms with Gasteiger partial charge in [0.15, 0.2) is 0 Å². The summed E-state index contributed by atoms with van der Waals surface area (Å²) in [6.07, 6.45) is 5.75. The van der Waals surface area contributed by atoms with E-state index in [2.05, 4.69) is 30.0 Å². The Morgan fingerprint density at radius 1 is 1.55 bits per heavy atom. The molecule has 11 heavy (non-hydrogen) atoms. The summed E-state index contributed by atoms with van der Waals surface area (Å²) in [7, 11) is 2.97. The normalized spacial score (nSPS) is 42.0. The minimum atomic E-state index is 0.613. The highest BCUT2D eigenvalue weighted by Gasteiger charge is 2.32. The Kier molecular flexibility index (Phi) is 2.97. The molecule has 66 valence electrons. The number of hydrogen-bond acceptors (Lipinski definition) is 0. The lowest BCUT2D eigenvalue weighted by atomic mass is 9.70. The van der Waals surface area contributed by atoms with Crippen molar-refractivity contribution in [3.05, 3.63) is 0 Å². The van der Waals surface area contributed by atoms with Crippen LogP contribution in [0.1, 0.15) is 46.5 Å². The summed E-state index contributed by atoms with van der Waals surface area (Å²) in [4.78, 5) is 0. The van der Waals surface area contributed by atoms with E-state index >= 15 is 0 Å². The molecule has 1 saturated carbocycles. The molecule has 0 aromatic heterocycles. The SMILES string of the molecule is CC1CCCC(C)(C(C)P)C1. The van der Waals surface area contributed by atoms with Gasteiger partial charge in [0.25, 0.3) is 0 Å². The minimum absolute atomic E-state index is 0.613. The quantitative estimate of drug-likeness (QED) is 0.531. The first-order valence-corrected chi connectivity index (χ1v) is 5.47. The first-order chi connectivity index (χ1) is 5.04. The molecule has 4 unspecified atom stereocenters. The van der Waals surface area contributed by atoms with Crippen LogP contribution in [0.3, 0.4) is 0 Å². The summed E-state index contributed by atoms with van der Waals surface area (Å²) in [5.74, 6) is 0.955. The number of hydrogen-bond donors (Lipinski definition) is 0. The first-order valence-electron chi connectivity index (χ1n) is 4.80. The molecule has 0 bridgehead atoms. The third kappa shape index (κ3) is 2.18. The van der Waals surface area contributed by atoms with Crippen molar-refractivity contribution in [1.82, 2.24) is 0 Å². The summed E-state index contributed by atoms with van der Waals surface area (Å²) < 4.78 is 0. The average Bonchev–Trinajstić information content (AvgIpc) is 1.86. The first kappa shape index (κ1) is 9.52. The van der Waals surface area contributed by atoms with Gasteiger partial charge < -0.3 is 0 Å². The lowest BCUT2D eigenvalue weighted by molar-refractivity contribution is 0.168. The van der Waals surface area contributed by atoms with E-state index in [1.807, 2.05) is 0 Å². The van der Waals surface area contributed by atoms with Crippen LogP contribution < -0.4 is 0 Å². The third-order valence-electron chi connectivity index (χ3n) is 3.36. The zero-order valence-electron chi connectivity index (χ0n) is 8.06. The summed E-state index contributed by atoms with van der Waals surface area (Å²) in [6, 6.07) is 0. The highest BCUT2D eigenvalue weighted by Crippen LogP contribution is 2.43. The van der Waals surface area contributed by atoms with Gasteiger partial charge in [-0.05, 0) is 29.8 Å². The van der Waals surface area contributed by atoms with Crippen molar-refractivity contribution in [1.29, 1.82) is 0 Å². The van der Waals surface area contributed by atoms with Gasteiger partial charge in [0, 0.05) is 0 Å². The smallest absolute Gasteiger partial charge is 0.0239 e. The van der Waals surface area contributed by atoms with E-state index in [1.54, 1.807) is 0 Å². The summed E-state index contributed by atoms with van der Waals surface area (Å²) in [5, 5.41) is 0. The Balaban J connectivity index is 2.55. The van der Waals surface area contributed by atoms with Gasteiger partial charge in [-0.3, -0.25) is 0 Å². The van der Waals surface area contributed by atoms with Crippen molar-refractivity contribution in [3.8, 4) is 0 Å². The second-order valence-corrected chi connectivity index (χ2v) is 5.64. The zero-order valence-corrected chi connectivity index (χ0v) is 9.22. The van der Waals surface area contributed by atoms with Gasteiger partial charge in [-0.1, -0.05) is 33.6 Å². The second kappa shape index (κ2) is 3.44. The molecule has 0 aromatic rings. The fourth-order valence-corrected chi connectivity index (χ4v) is 2.57.